The first-order valence-corrected chi connectivity index (χ1v) is 8.03. The zero-order valence-electron chi connectivity index (χ0n) is 8.82. The van der Waals surface area contributed by atoms with E-state index in [-0.39, 0.29) is 10.7 Å². The summed E-state index contributed by atoms with van der Waals surface area (Å²) in [6, 6.07) is 7.98. The molecule has 3 nitrogen and oxygen atoms in total. The molecule has 0 heterocycles. The Balaban J connectivity index is 2.26. The molecule has 1 aromatic rings. The highest BCUT2D eigenvalue weighted by molar-refractivity contribution is 9.10. The molecular weight excluding hydrogens is 290 g/mol. The molecule has 0 radical (unpaired) electrons. The van der Waals surface area contributed by atoms with Crippen molar-refractivity contribution in [1.82, 2.24) is 4.72 Å². The molecule has 0 spiro atoms. The quantitative estimate of drug-likeness (QED) is 0.871. The first-order chi connectivity index (χ1) is 7.62. The van der Waals surface area contributed by atoms with E-state index in [1.54, 1.807) is 0 Å². The lowest BCUT2D eigenvalue weighted by molar-refractivity contribution is 0.510. The van der Waals surface area contributed by atoms with Gasteiger partial charge in [0.2, 0.25) is 10.0 Å². The third-order valence-corrected chi connectivity index (χ3v) is 5.57. The zero-order chi connectivity index (χ0) is 11.6. The Bertz CT molecular complexity index is 473. The van der Waals surface area contributed by atoms with E-state index in [0.717, 1.165) is 24.8 Å². The molecule has 1 atom stereocenters. The van der Waals surface area contributed by atoms with Crippen molar-refractivity contribution in [2.45, 2.75) is 25.3 Å². The molecule has 1 aliphatic rings. The van der Waals surface area contributed by atoms with Crippen LogP contribution in [-0.4, -0.2) is 13.1 Å². The number of halogens is 1. The van der Waals surface area contributed by atoms with Crippen LogP contribution >= 0.6 is 15.9 Å². The predicted molar refractivity (Wildman–Crippen MR) is 68.0 cm³/mol. The number of aryl methyl sites for hydroxylation is 1. The van der Waals surface area contributed by atoms with Crippen molar-refractivity contribution in [3.05, 3.63) is 35.4 Å². The van der Waals surface area contributed by atoms with Crippen molar-refractivity contribution < 1.29 is 8.42 Å². The number of fused-ring (bicyclic) bond motifs is 1. The summed E-state index contributed by atoms with van der Waals surface area (Å²) < 4.78 is 25.7. The van der Waals surface area contributed by atoms with Gasteiger partial charge in [0.05, 0.1) is 0 Å². The van der Waals surface area contributed by atoms with Crippen molar-refractivity contribution in [3.63, 3.8) is 0 Å². The Morgan fingerprint density at radius 1 is 1.38 bits per heavy atom. The average Bonchev–Trinajstić information content (AvgIpc) is 2.29. The summed E-state index contributed by atoms with van der Waals surface area (Å²) >= 11 is 2.99. The minimum Gasteiger partial charge on any atom is -0.212 e. The minimum atomic E-state index is -3.20. The van der Waals surface area contributed by atoms with Crippen molar-refractivity contribution >= 4 is 26.0 Å². The van der Waals surface area contributed by atoms with Gasteiger partial charge in [0, 0.05) is 6.04 Å². The Morgan fingerprint density at radius 3 is 2.88 bits per heavy atom. The number of rotatable bonds is 3. The number of nitrogens with one attached hydrogen (secondary N) is 1. The molecule has 88 valence electrons. The van der Waals surface area contributed by atoms with E-state index in [9.17, 15) is 8.42 Å². The van der Waals surface area contributed by atoms with E-state index in [4.69, 9.17) is 0 Å². The maximum absolute atomic E-state index is 11.5. The number of alkyl halides is 1. The minimum absolute atomic E-state index is 0.0430. The molecule has 0 amide bonds. The van der Waals surface area contributed by atoms with Crippen LogP contribution in [-0.2, 0) is 16.4 Å². The molecule has 5 heteroatoms. The predicted octanol–water partition coefficient (Wildman–Crippen LogP) is 2.34. The largest absolute Gasteiger partial charge is 0.222 e. The van der Waals surface area contributed by atoms with Crippen molar-refractivity contribution in [2.24, 2.45) is 0 Å². The van der Waals surface area contributed by atoms with Gasteiger partial charge >= 0.3 is 0 Å². The highest BCUT2D eigenvalue weighted by Gasteiger charge is 2.23. The molecular formula is C11H14BrNO2S. The van der Waals surface area contributed by atoms with Crippen LogP contribution in [0.4, 0.5) is 0 Å². The Morgan fingerprint density at radius 2 is 2.12 bits per heavy atom. The highest BCUT2D eigenvalue weighted by Crippen LogP contribution is 2.29. The molecule has 0 saturated heterocycles. The van der Waals surface area contributed by atoms with Gasteiger partial charge in [0.1, 0.15) is 4.66 Å². The lowest BCUT2D eigenvalue weighted by Gasteiger charge is -2.25. The van der Waals surface area contributed by atoms with Gasteiger partial charge in [0.25, 0.3) is 0 Å². The van der Waals surface area contributed by atoms with Crippen LogP contribution < -0.4 is 4.72 Å². The number of sulfonamides is 1. The molecule has 0 fully saturated rings. The van der Waals surface area contributed by atoms with Crippen LogP contribution in [0.25, 0.3) is 0 Å². The zero-order valence-corrected chi connectivity index (χ0v) is 11.2. The second-order valence-corrected chi connectivity index (χ2v) is 7.04. The smallest absolute Gasteiger partial charge is 0.212 e. The maximum atomic E-state index is 11.5. The molecule has 16 heavy (non-hydrogen) atoms. The lowest BCUT2D eigenvalue weighted by atomic mass is 9.88. The van der Waals surface area contributed by atoms with Gasteiger partial charge in [-0.15, -0.1) is 0 Å². The van der Waals surface area contributed by atoms with Gasteiger partial charge in [-0.25, -0.2) is 13.1 Å². The topological polar surface area (TPSA) is 46.2 Å². The average molecular weight is 304 g/mol. The summed E-state index contributed by atoms with van der Waals surface area (Å²) in [4.78, 5) is 0. The molecule has 2 rings (SSSR count). The molecule has 0 bridgehead atoms. The summed E-state index contributed by atoms with van der Waals surface area (Å²) in [6.07, 6.45) is 2.96. The second-order valence-electron chi connectivity index (χ2n) is 3.99. The first kappa shape index (κ1) is 12.1. The van der Waals surface area contributed by atoms with Gasteiger partial charge in [-0.05, 0) is 30.4 Å². The van der Waals surface area contributed by atoms with Gasteiger partial charge in [-0.2, -0.15) is 0 Å². The molecule has 1 unspecified atom stereocenters. The third kappa shape index (κ3) is 2.64. The van der Waals surface area contributed by atoms with Crippen LogP contribution in [0.15, 0.2) is 24.3 Å². The van der Waals surface area contributed by atoms with E-state index in [1.807, 2.05) is 18.2 Å². The van der Waals surface area contributed by atoms with Gasteiger partial charge in [0.15, 0.2) is 0 Å². The van der Waals surface area contributed by atoms with E-state index in [1.165, 1.54) is 5.56 Å². The second kappa shape index (κ2) is 4.85. The molecule has 0 aromatic heterocycles. The van der Waals surface area contributed by atoms with Crippen LogP contribution in [0.5, 0.6) is 0 Å². The fourth-order valence-electron chi connectivity index (χ4n) is 2.12. The van der Waals surface area contributed by atoms with Gasteiger partial charge < -0.3 is 0 Å². The first-order valence-electron chi connectivity index (χ1n) is 5.26. The summed E-state index contributed by atoms with van der Waals surface area (Å²) in [5.74, 6) is 0. The number of benzene rings is 1. The fraction of sp³-hybridized carbons (Fsp3) is 0.455. The van der Waals surface area contributed by atoms with E-state index < -0.39 is 10.0 Å². The molecule has 1 aliphatic carbocycles. The molecule has 1 N–H and O–H groups in total. The number of hydrogen-bond acceptors (Lipinski definition) is 2. The summed E-state index contributed by atoms with van der Waals surface area (Å²) in [5.41, 5.74) is 2.38. The van der Waals surface area contributed by atoms with Crippen LogP contribution in [0.3, 0.4) is 0 Å². The summed E-state index contributed by atoms with van der Waals surface area (Å²) in [7, 11) is -3.20. The van der Waals surface area contributed by atoms with Crippen molar-refractivity contribution in [2.75, 3.05) is 4.66 Å². The highest BCUT2D eigenvalue weighted by atomic mass is 79.9. The monoisotopic (exact) mass is 303 g/mol. The van der Waals surface area contributed by atoms with Crippen molar-refractivity contribution in [1.29, 1.82) is 0 Å². The van der Waals surface area contributed by atoms with Crippen LogP contribution in [0, 0.1) is 0 Å². The van der Waals surface area contributed by atoms with Crippen molar-refractivity contribution in [3.8, 4) is 0 Å². The number of hydrogen-bond donors (Lipinski definition) is 1. The third-order valence-electron chi connectivity index (χ3n) is 2.83. The van der Waals surface area contributed by atoms with Crippen LogP contribution in [0.2, 0.25) is 0 Å². The SMILES string of the molecule is O=S(=O)(CBr)NC1CCCc2ccccc21. The standard InChI is InChI=1S/C11H14BrNO2S/c12-8-16(14,15)13-11-7-3-5-9-4-1-2-6-10(9)11/h1-2,4,6,11,13H,3,5,7-8H2. The molecule has 0 saturated carbocycles. The maximum Gasteiger partial charge on any atom is 0.222 e. The fourth-order valence-corrected chi connectivity index (χ4v) is 3.26. The molecule has 0 aliphatic heterocycles. The van der Waals surface area contributed by atoms with Gasteiger partial charge in [-0.1, -0.05) is 40.2 Å². The van der Waals surface area contributed by atoms with Gasteiger partial charge in [-0.3, -0.25) is 0 Å². The van der Waals surface area contributed by atoms with E-state index >= 15 is 0 Å². The van der Waals surface area contributed by atoms with E-state index in [0.29, 0.717) is 0 Å². The Hall–Kier alpha value is -0.390. The lowest BCUT2D eigenvalue weighted by Crippen LogP contribution is -2.31. The Kier molecular flexibility index (Phi) is 3.66. The summed E-state index contributed by atoms with van der Waals surface area (Å²) in [6.45, 7) is 0. The van der Waals surface area contributed by atoms with Crippen LogP contribution in [0.1, 0.15) is 30.0 Å². The molecule has 1 aromatic carbocycles. The normalized spacial score (nSPS) is 20.4. The van der Waals surface area contributed by atoms with E-state index in [2.05, 4.69) is 26.7 Å². The summed E-state index contributed by atoms with van der Waals surface area (Å²) in [5, 5.41) is 0. The Labute approximate surface area is 104 Å².